The molecule has 1 aliphatic rings. The fourth-order valence-electron chi connectivity index (χ4n) is 1.54. The Labute approximate surface area is 67.3 Å². The van der Waals surface area contributed by atoms with Gasteiger partial charge in [-0.25, -0.2) is 0 Å². The van der Waals surface area contributed by atoms with Gasteiger partial charge >= 0.3 is 0 Å². The van der Waals surface area contributed by atoms with E-state index in [-0.39, 0.29) is 11.8 Å². The summed E-state index contributed by atoms with van der Waals surface area (Å²) in [6.45, 7) is 0.490. The largest absolute Gasteiger partial charge is 0.359 e. The number of carbonyl (C=O) groups is 1. The molecule has 1 saturated carbocycles. The minimum absolute atomic E-state index is 0.0637. The van der Waals surface area contributed by atoms with Gasteiger partial charge < -0.3 is 11.1 Å². The molecule has 0 aromatic heterocycles. The van der Waals surface area contributed by atoms with E-state index in [2.05, 4.69) is 5.32 Å². The van der Waals surface area contributed by atoms with Gasteiger partial charge in [0.15, 0.2) is 0 Å². The SMILES string of the molecule is CNC(=O)C(CN)C1CCC1. The van der Waals surface area contributed by atoms with E-state index < -0.39 is 0 Å². The summed E-state index contributed by atoms with van der Waals surface area (Å²) in [7, 11) is 1.67. The molecule has 11 heavy (non-hydrogen) atoms. The second kappa shape index (κ2) is 3.72. The first-order chi connectivity index (χ1) is 5.29. The first-order valence-electron chi connectivity index (χ1n) is 4.21. The van der Waals surface area contributed by atoms with Crippen LogP contribution < -0.4 is 11.1 Å². The molecule has 1 fully saturated rings. The van der Waals surface area contributed by atoms with Crippen LogP contribution in [-0.2, 0) is 4.79 Å². The molecule has 0 aliphatic heterocycles. The molecular formula is C8H16N2O. The number of rotatable bonds is 3. The maximum Gasteiger partial charge on any atom is 0.224 e. The summed E-state index contributed by atoms with van der Waals surface area (Å²) in [5.41, 5.74) is 5.50. The third kappa shape index (κ3) is 1.71. The number of hydrogen-bond donors (Lipinski definition) is 2. The highest BCUT2D eigenvalue weighted by atomic mass is 16.1. The molecule has 0 aromatic carbocycles. The number of hydrogen-bond acceptors (Lipinski definition) is 2. The summed E-state index contributed by atoms with van der Waals surface area (Å²) < 4.78 is 0. The van der Waals surface area contributed by atoms with E-state index in [0.29, 0.717) is 12.5 Å². The minimum Gasteiger partial charge on any atom is -0.359 e. The summed E-state index contributed by atoms with van der Waals surface area (Å²) in [6.07, 6.45) is 3.61. The Morgan fingerprint density at radius 1 is 1.73 bits per heavy atom. The van der Waals surface area contributed by atoms with Gasteiger partial charge in [-0.2, -0.15) is 0 Å². The zero-order chi connectivity index (χ0) is 8.27. The lowest BCUT2D eigenvalue weighted by atomic mass is 9.75. The van der Waals surface area contributed by atoms with Gasteiger partial charge in [0.25, 0.3) is 0 Å². The molecule has 0 heterocycles. The third-order valence-electron chi connectivity index (χ3n) is 2.56. The van der Waals surface area contributed by atoms with E-state index in [9.17, 15) is 4.79 Å². The number of nitrogens with two attached hydrogens (primary N) is 1. The van der Waals surface area contributed by atoms with Crippen molar-refractivity contribution in [2.45, 2.75) is 19.3 Å². The number of amides is 1. The lowest BCUT2D eigenvalue weighted by molar-refractivity contribution is -0.126. The standard InChI is InChI=1S/C8H16N2O/c1-10-8(11)7(5-9)6-3-2-4-6/h6-7H,2-5,9H2,1H3,(H,10,11). The van der Waals surface area contributed by atoms with Gasteiger partial charge in [-0.1, -0.05) is 6.42 Å². The van der Waals surface area contributed by atoms with Crippen LogP contribution in [0.5, 0.6) is 0 Å². The predicted octanol–water partition coefficient (Wildman–Crippen LogP) is 0.107. The molecule has 64 valence electrons. The third-order valence-corrected chi connectivity index (χ3v) is 2.56. The minimum atomic E-state index is 0.0637. The molecule has 1 amide bonds. The van der Waals surface area contributed by atoms with Crippen molar-refractivity contribution in [1.82, 2.24) is 5.32 Å². The van der Waals surface area contributed by atoms with Crippen LogP contribution in [0.25, 0.3) is 0 Å². The maximum absolute atomic E-state index is 11.2. The van der Waals surface area contributed by atoms with Crippen molar-refractivity contribution in [2.75, 3.05) is 13.6 Å². The van der Waals surface area contributed by atoms with Gasteiger partial charge in [0.1, 0.15) is 0 Å². The predicted molar refractivity (Wildman–Crippen MR) is 44.0 cm³/mol. The van der Waals surface area contributed by atoms with Crippen LogP contribution in [0.3, 0.4) is 0 Å². The Morgan fingerprint density at radius 3 is 2.64 bits per heavy atom. The fourth-order valence-corrected chi connectivity index (χ4v) is 1.54. The lowest BCUT2D eigenvalue weighted by Crippen LogP contribution is -2.40. The van der Waals surface area contributed by atoms with Crippen LogP contribution in [0, 0.1) is 11.8 Å². The number of carbonyl (C=O) groups excluding carboxylic acids is 1. The molecular weight excluding hydrogens is 140 g/mol. The average molecular weight is 156 g/mol. The van der Waals surface area contributed by atoms with E-state index >= 15 is 0 Å². The molecule has 0 aromatic rings. The quantitative estimate of drug-likeness (QED) is 0.609. The summed E-state index contributed by atoms with van der Waals surface area (Å²) in [6, 6.07) is 0. The van der Waals surface area contributed by atoms with Gasteiger partial charge in [-0.3, -0.25) is 4.79 Å². The second-order valence-electron chi connectivity index (χ2n) is 3.15. The summed E-state index contributed by atoms with van der Waals surface area (Å²) >= 11 is 0. The zero-order valence-electron chi connectivity index (χ0n) is 6.97. The van der Waals surface area contributed by atoms with E-state index in [1.165, 1.54) is 19.3 Å². The first kappa shape index (κ1) is 8.53. The summed E-state index contributed by atoms with van der Waals surface area (Å²) in [5.74, 6) is 0.728. The molecule has 0 spiro atoms. The van der Waals surface area contributed by atoms with Crippen molar-refractivity contribution in [3.05, 3.63) is 0 Å². The van der Waals surface area contributed by atoms with Crippen LogP contribution in [0.15, 0.2) is 0 Å². The lowest BCUT2D eigenvalue weighted by Gasteiger charge is -2.31. The topological polar surface area (TPSA) is 55.1 Å². The molecule has 0 saturated heterocycles. The molecule has 1 aliphatic carbocycles. The van der Waals surface area contributed by atoms with E-state index in [0.717, 1.165) is 0 Å². The van der Waals surface area contributed by atoms with Crippen molar-refractivity contribution in [3.63, 3.8) is 0 Å². The Morgan fingerprint density at radius 2 is 2.36 bits per heavy atom. The molecule has 3 nitrogen and oxygen atoms in total. The fraction of sp³-hybridized carbons (Fsp3) is 0.875. The first-order valence-corrected chi connectivity index (χ1v) is 4.21. The molecule has 1 atom stereocenters. The average Bonchev–Trinajstić information content (AvgIpc) is 1.94. The maximum atomic E-state index is 11.2. The van der Waals surface area contributed by atoms with E-state index in [1.54, 1.807) is 7.05 Å². The van der Waals surface area contributed by atoms with Crippen molar-refractivity contribution >= 4 is 5.91 Å². The second-order valence-corrected chi connectivity index (χ2v) is 3.15. The van der Waals surface area contributed by atoms with Gasteiger partial charge in [-0.05, 0) is 18.8 Å². The highest BCUT2D eigenvalue weighted by molar-refractivity contribution is 5.78. The normalized spacial score (nSPS) is 20.5. The van der Waals surface area contributed by atoms with Crippen molar-refractivity contribution < 1.29 is 4.79 Å². The Balaban J connectivity index is 2.40. The van der Waals surface area contributed by atoms with Crippen LogP contribution >= 0.6 is 0 Å². The monoisotopic (exact) mass is 156 g/mol. The highest BCUT2D eigenvalue weighted by Crippen LogP contribution is 2.32. The van der Waals surface area contributed by atoms with Crippen LogP contribution in [-0.4, -0.2) is 19.5 Å². The van der Waals surface area contributed by atoms with E-state index in [1.807, 2.05) is 0 Å². The molecule has 0 radical (unpaired) electrons. The Kier molecular flexibility index (Phi) is 2.88. The summed E-state index contributed by atoms with van der Waals surface area (Å²) in [5, 5.41) is 2.65. The van der Waals surface area contributed by atoms with Crippen molar-refractivity contribution in [3.8, 4) is 0 Å². The van der Waals surface area contributed by atoms with Gasteiger partial charge in [0.05, 0.1) is 5.92 Å². The molecule has 1 unspecified atom stereocenters. The summed E-state index contributed by atoms with van der Waals surface area (Å²) in [4.78, 5) is 11.2. The highest BCUT2D eigenvalue weighted by Gasteiger charge is 2.30. The molecule has 1 rings (SSSR count). The molecule has 3 heteroatoms. The smallest absolute Gasteiger partial charge is 0.224 e. The van der Waals surface area contributed by atoms with E-state index in [4.69, 9.17) is 5.73 Å². The Hall–Kier alpha value is -0.570. The van der Waals surface area contributed by atoms with Crippen molar-refractivity contribution in [2.24, 2.45) is 17.6 Å². The Bertz CT molecular complexity index is 143. The van der Waals surface area contributed by atoms with Crippen molar-refractivity contribution in [1.29, 1.82) is 0 Å². The molecule has 0 bridgehead atoms. The number of nitrogens with one attached hydrogen (secondary N) is 1. The van der Waals surface area contributed by atoms with Gasteiger partial charge in [-0.15, -0.1) is 0 Å². The zero-order valence-corrected chi connectivity index (χ0v) is 6.97. The van der Waals surface area contributed by atoms with Crippen LogP contribution in [0.1, 0.15) is 19.3 Å². The van der Waals surface area contributed by atoms with Crippen LogP contribution in [0.2, 0.25) is 0 Å². The van der Waals surface area contributed by atoms with Crippen LogP contribution in [0.4, 0.5) is 0 Å². The van der Waals surface area contributed by atoms with Gasteiger partial charge in [0.2, 0.25) is 5.91 Å². The van der Waals surface area contributed by atoms with Gasteiger partial charge in [0, 0.05) is 13.6 Å². The molecule has 3 N–H and O–H groups in total.